The lowest BCUT2D eigenvalue weighted by Crippen LogP contribution is -2.51. The minimum Gasteiger partial charge on any atom is -0.445 e. The summed E-state index contributed by atoms with van der Waals surface area (Å²) in [4.78, 5) is 44.6. The average molecular weight is 667 g/mol. The number of fused-ring (bicyclic) bond motifs is 3. The van der Waals surface area contributed by atoms with Crippen LogP contribution >= 0.6 is 27.7 Å². The first-order valence-corrected chi connectivity index (χ1v) is 16.3. The standard InChI is InChI=1S/C33H36BrN3O5S/c1-36-16-6-11-30(35-33(40)42-21-23-7-3-2-4-8-23)32(39)37-19-28(41-20-24-12-14-26(34)15-13-24)18-27(37)22-43-29-10-5-9-25(17-29)31(36)38/h2-5,7-10,12-15,17,27-28,30H,6,11,16,18-22H2,1H3,(H,35,40)/t27-,28-,30-/m0/s1. The molecule has 0 saturated carbocycles. The van der Waals surface area contributed by atoms with Crippen molar-refractivity contribution in [1.82, 2.24) is 15.1 Å². The van der Waals surface area contributed by atoms with E-state index in [9.17, 15) is 14.4 Å². The van der Waals surface area contributed by atoms with Gasteiger partial charge >= 0.3 is 6.09 Å². The molecule has 0 aromatic heterocycles. The van der Waals surface area contributed by atoms with E-state index in [0.717, 1.165) is 20.5 Å². The molecular weight excluding hydrogens is 630 g/mol. The fraction of sp³-hybridized carbons (Fsp3) is 0.364. The van der Waals surface area contributed by atoms with E-state index in [1.807, 2.05) is 83.8 Å². The third-order valence-corrected chi connectivity index (χ3v) is 9.38. The zero-order valence-corrected chi connectivity index (χ0v) is 26.5. The van der Waals surface area contributed by atoms with Crippen LogP contribution < -0.4 is 5.32 Å². The molecular formula is C33H36BrN3O5S. The number of thioether (sulfide) groups is 1. The lowest BCUT2D eigenvalue weighted by molar-refractivity contribution is -0.134. The van der Waals surface area contributed by atoms with Crippen molar-refractivity contribution in [2.75, 3.05) is 25.9 Å². The van der Waals surface area contributed by atoms with E-state index in [2.05, 4.69) is 21.2 Å². The quantitative estimate of drug-likeness (QED) is 0.353. The Kier molecular flexibility index (Phi) is 10.8. The molecule has 0 spiro atoms. The predicted molar refractivity (Wildman–Crippen MR) is 170 cm³/mol. The molecule has 1 saturated heterocycles. The van der Waals surface area contributed by atoms with Gasteiger partial charge in [-0.05, 0) is 60.7 Å². The largest absolute Gasteiger partial charge is 0.445 e. The number of alkyl carbamates (subject to hydrolysis) is 1. The second-order valence-electron chi connectivity index (χ2n) is 10.9. The highest BCUT2D eigenvalue weighted by molar-refractivity contribution is 9.10. The van der Waals surface area contributed by atoms with Gasteiger partial charge in [-0.15, -0.1) is 11.8 Å². The van der Waals surface area contributed by atoms with Crippen LogP contribution in [0.2, 0.25) is 0 Å². The van der Waals surface area contributed by atoms with Crippen LogP contribution in [0.3, 0.4) is 0 Å². The molecule has 3 atom stereocenters. The zero-order chi connectivity index (χ0) is 30.2. The van der Waals surface area contributed by atoms with Crippen molar-refractivity contribution in [3.63, 3.8) is 0 Å². The number of amides is 3. The van der Waals surface area contributed by atoms with Crippen LogP contribution in [0.25, 0.3) is 0 Å². The third-order valence-electron chi connectivity index (χ3n) is 7.72. The summed E-state index contributed by atoms with van der Waals surface area (Å²) in [7, 11) is 1.76. The lowest BCUT2D eigenvalue weighted by atomic mass is 10.1. The summed E-state index contributed by atoms with van der Waals surface area (Å²) in [6.45, 7) is 1.45. The number of ether oxygens (including phenoxy) is 2. The molecule has 1 N–H and O–H groups in total. The topological polar surface area (TPSA) is 88.2 Å². The summed E-state index contributed by atoms with van der Waals surface area (Å²) in [5, 5.41) is 2.83. The first-order chi connectivity index (χ1) is 20.9. The predicted octanol–water partition coefficient (Wildman–Crippen LogP) is 5.89. The molecule has 0 unspecified atom stereocenters. The van der Waals surface area contributed by atoms with Crippen molar-refractivity contribution < 1.29 is 23.9 Å². The molecule has 8 nitrogen and oxygen atoms in total. The van der Waals surface area contributed by atoms with E-state index in [0.29, 0.717) is 50.3 Å². The Morgan fingerprint density at radius 1 is 1.00 bits per heavy atom. The van der Waals surface area contributed by atoms with Crippen molar-refractivity contribution in [1.29, 1.82) is 0 Å². The number of benzene rings is 3. The summed E-state index contributed by atoms with van der Waals surface area (Å²) in [6, 6.07) is 24.2. The molecule has 5 rings (SSSR count). The Bertz CT molecular complexity index is 1410. The van der Waals surface area contributed by atoms with Crippen molar-refractivity contribution >= 4 is 45.6 Å². The van der Waals surface area contributed by atoms with Crippen LogP contribution in [-0.4, -0.2) is 71.8 Å². The molecule has 3 amide bonds. The van der Waals surface area contributed by atoms with E-state index < -0.39 is 12.1 Å². The second-order valence-corrected chi connectivity index (χ2v) is 12.9. The minimum absolute atomic E-state index is 0.0680. The minimum atomic E-state index is -0.787. The van der Waals surface area contributed by atoms with Gasteiger partial charge in [-0.3, -0.25) is 9.59 Å². The second kappa shape index (κ2) is 14.9. The number of hydrogen-bond donors (Lipinski definition) is 1. The van der Waals surface area contributed by atoms with E-state index >= 15 is 0 Å². The molecule has 2 aliphatic heterocycles. The van der Waals surface area contributed by atoms with Crippen molar-refractivity contribution in [3.8, 4) is 0 Å². The maximum Gasteiger partial charge on any atom is 0.408 e. The van der Waals surface area contributed by atoms with Crippen LogP contribution in [0.4, 0.5) is 4.79 Å². The number of nitrogens with zero attached hydrogens (tertiary/aromatic N) is 2. The molecule has 226 valence electrons. The fourth-order valence-corrected chi connectivity index (χ4v) is 6.70. The maximum absolute atomic E-state index is 14.1. The monoisotopic (exact) mass is 665 g/mol. The Labute approximate surface area is 265 Å². The lowest BCUT2D eigenvalue weighted by Gasteiger charge is -2.29. The SMILES string of the molecule is CN1CCC[C@H](NC(=O)OCc2ccccc2)C(=O)N2C[C@@H](OCc3ccc(Br)cc3)C[C@H]2CSc2cccc(c2)C1=O. The van der Waals surface area contributed by atoms with Crippen LogP contribution in [-0.2, 0) is 27.5 Å². The highest BCUT2D eigenvalue weighted by Crippen LogP contribution is 2.30. The van der Waals surface area contributed by atoms with Crippen LogP contribution in [0.15, 0.2) is 88.2 Å². The number of rotatable bonds is 6. The summed E-state index contributed by atoms with van der Waals surface area (Å²) >= 11 is 5.09. The highest BCUT2D eigenvalue weighted by Gasteiger charge is 2.39. The third kappa shape index (κ3) is 8.61. The van der Waals surface area contributed by atoms with Crippen LogP contribution in [0.1, 0.15) is 40.7 Å². The number of hydrogen-bond acceptors (Lipinski definition) is 6. The van der Waals surface area contributed by atoms with Gasteiger partial charge in [0, 0.05) is 46.9 Å². The van der Waals surface area contributed by atoms with Gasteiger partial charge in [0.15, 0.2) is 0 Å². The van der Waals surface area contributed by atoms with Gasteiger partial charge in [-0.1, -0.05) is 64.5 Å². The normalized spacial score (nSPS) is 21.2. The maximum atomic E-state index is 14.1. The van der Waals surface area contributed by atoms with Gasteiger partial charge in [0.2, 0.25) is 5.91 Å². The first-order valence-electron chi connectivity index (χ1n) is 14.5. The van der Waals surface area contributed by atoms with Gasteiger partial charge in [0.25, 0.3) is 5.91 Å². The Hall–Kier alpha value is -3.34. The Balaban J connectivity index is 1.33. The van der Waals surface area contributed by atoms with Gasteiger partial charge in [0.1, 0.15) is 12.6 Å². The molecule has 3 aromatic carbocycles. The van der Waals surface area contributed by atoms with Crippen molar-refractivity contribution in [2.45, 2.75) is 55.6 Å². The Morgan fingerprint density at radius 2 is 1.77 bits per heavy atom. The zero-order valence-electron chi connectivity index (χ0n) is 24.1. The molecule has 0 radical (unpaired) electrons. The van der Waals surface area contributed by atoms with Gasteiger partial charge in [0.05, 0.1) is 12.7 Å². The summed E-state index contributed by atoms with van der Waals surface area (Å²) in [6.07, 6.45) is 0.808. The van der Waals surface area contributed by atoms with Gasteiger partial charge in [-0.2, -0.15) is 0 Å². The molecule has 0 aliphatic carbocycles. The first kappa shape index (κ1) is 31.1. The number of halogens is 1. The molecule has 2 aliphatic rings. The average Bonchev–Trinajstić information content (AvgIpc) is 3.44. The van der Waals surface area contributed by atoms with E-state index in [4.69, 9.17) is 9.47 Å². The van der Waals surface area contributed by atoms with E-state index in [1.54, 1.807) is 23.7 Å². The number of nitrogens with one attached hydrogen (secondary N) is 1. The van der Waals surface area contributed by atoms with E-state index in [-0.39, 0.29) is 30.6 Å². The molecule has 2 bridgehead atoms. The molecule has 1 fully saturated rings. The van der Waals surface area contributed by atoms with Crippen LogP contribution in [0, 0.1) is 0 Å². The van der Waals surface area contributed by atoms with Gasteiger partial charge < -0.3 is 24.6 Å². The summed E-state index contributed by atoms with van der Waals surface area (Å²) in [5.41, 5.74) is 2.56. The van der Waals surface area contributed by atoms with Crippen LogP contribution in [0.5, 0.6) is 0 Å². The van der Waals surface area contributed by atoms with E-state index in [1.165, 1.54) is 0 Å². The summed E-state index contributed by atoms with van der Waals surface area (Å²) < 4.78 is 12.8. The molecule has 10 heteroatoms. The van der Waals surface area contributed by atoms with Gasteiger partial charge in [-0.25, -0.2) is 4.79 Å². The molecule has 43 heavy (non-hydrogen) atoms. The fourth-order valence-electron chi connectivity index (χ4n) is 5.35. The molecule has 3 aromatic rings. The van der Waals surface area contributed by atoms with Crippen molar-refractivity contribution in [3.05, 3.63) is 100 Å². The van der Waals surface area contributed by atoms with Crippen molar-refractivity contribution in [2.24, 2.45) is 0 Å². The molecule has 2 heterocycles. The number of carbonyl (C=O) groups excluding carboxylic acids is 3. The highest BCUT2D eigenvalue weighted by atomic mass is 79.9. The Morgan fingerprint density at radius 3 is 2.56 bits per heavy atom. The smallest absolute Gasteiger partial charge is 0.408 e. The summed E-state index contributed by atoms with van der Waals surface area (Å²) in [5.74, 6) is 0.418. The number of carbonyl (C=O) groups is 3.